The number of ketones is 2. The SMILES string of the molecule is CC(=O)c1cccc(NCCCCCCCCNC(=O)c2cccc(C#Cc3cc(NC(=O)Nc4ccnc(Cl)c4)ccn3)c2)c1C(C)=O.CCC1CCC(=O)NC1=O. The summed E-state index contributed by atoms with van der Waals surface area (Å²) in [5.74, 6) is 5.47. The first-order chi connectivity index (χ1) is 28.4. The zero-order valence-corrected chi connectivity index (χ0v) is 34.3. The van der Waals surface area contributed by atoms with E-state index in [4.69, 9.17) is 11.6 Å². The second-order valence-electron chi connectivity index (χ2n) is 13.9. The van der Waals surface area contributed by atoms with Gasteiger partial charge in [0.25, 0.3) is 5.91 Å². The van der Waals surface area contributed by atoms with E-state index in [0.29, 0.717) is 58.0 Å². The van der Waals surface area contributed by atoms with E-state index < -0.39 is 6.03 Å². The lowest BCUT2D eigenvalue weighted by molar-refractivity contribution is -0.136. The molecule has 1 aliphatic rings. The minimum atomic E-state index is -0.448. The number of carbonyl (C=O) groups is 6. The Morgan fingerprint density at radius 1 is 0.797 bits per heavy atom. The lowest BCUT2D eigenvalue weighted by Gasteiger charge is -2.18. The summed E-state index contributed by atoms with van der Waals surface area (Å²) < 4.78 is 0. The second-order valence-corrected chi connectivity index (χ2v) is 14.3. The maximum absolute atomic E-state index is 12.7. The molecule has 0 saturated carbocycles. The van der Waals surface area contributed by atoms with Crippen LogP contribution in [0.3, 0.4) is 0 Å². The molecule has 3 heterocycles. The zero-order valence-electron chi connectivity index (χ0n) is 33.6. The fourth-order valence-electron chi connectivity index (χ4n) is 6.21. The molecule has 5 amide bonds. The topological polar surface area (TPSA) is 188 Å². The van der Waals surface area contributed by atoms with E-state index in [-0.39, 0.29) is 40.4 Å². The van der Waals surface area contributed by atoms with Crippen LogP contribution in [0.1, 0.15) is 121 Å². The minimum absolute atomic E-state index is 0.0673. The number of pyridine rings is 2. The van der Waals surface area contributed by atoms with Gasteiger partial charge >= 0.3 is 6.03 Å². The number of rotatable bonds is 16. The molecule has 14 heteroatoms. The molecule has 13 nitrogen and oxygen atoms in total. The molecule has 1 saturated heterocycles. The fourth-order valence-corrected chi connectivity index (χ4v) is 6.38. The molecule has 0 radical (unpaired) electrons. The Morgan fingerprint density at radius 3 is 2.15 bits per heavy atom. The van der Waals surface area contributed by atoms with Gasteiger partial charge in [0, 0.05) is 71.6 Å². The first-order valence-corrected chi connectivity index (χ1v) is 20.1. The smallest absolute Gasteiger partial charge is 0.323 e. The number of nitrogens with zero attached hydrogens (tertiary/aromatic N) is 2. The van der Waals surface area contributed by atoms with E-state index in [2.05, 4.69) is 48.4 Å². The number of Topliss-reactive ketones (excluding diaryl/α,β-unsaturated/α-hetero) is 2. The molecule has 308 valence electrons. The molecule has 1 atom stereocenters. The highest BCUT2D eigenvalue weighted by molar-refractivity contribution is 6.29. The van der Waals surface area contributed by atoms with Crippen molar-refractivity contribution in [3.05, 3.63) is 112 Å². The van der Waals surface area contributed by atoms with Crippen LogP contribution >= 0.6 is 11.6 Å². The Morgan fingerprint density at radius 2 is 1.47 bits per heavy atom. The van der Waals surface area contributed by atoms with Crippen molar-refractivity contribution in [3.63, 3.8) is 0 Å². The van der Waals surface area contributed by atoms with Crippen LogP contribution in [0.2, 0.25) is 5.15 Å². The van der Waals surface area contributed by atoms with E-state index in [1.165, 1.54) is 26.1 Å². The van der Waals surface area contributed by atoms with Crippen molar-refractivity contribution in [3.8, 4) is 11.8 Å². The first-order valence-electron chi connectivity index (χ1n) is 19.7. The van der Waals surface area contributed by atoms with Crippen LogP contribution < -0.4 is 26.6 Å². The molecule has 2 aromatic heterocycles. The Balaban J connectivity index is 0.000000670. The van der Waals surface area contributed by atoms with Crippen molar-refractivity contribution in [2.24, 2.45) is 5.92 Å². The molecule has 5 rings (SSSR count). The molecule has 0 aliphatic carbocycles. The van der Waals surface area contributed by atoms with Crippen LogP contribution in [0, 0.1) is 17.8 Å². The summed E-state index contributed by atoms with van der Waals surface area (Å²) >= 11 is 5.86. The quantitative estimate of drug-likeness (QED) is 0.0244. The zero-order chi connectivity index (χ0) is 42.6. The number of hydrogen-bond acceptors (Lipinski definition) is 9. The molecule has 5 N–H and O–H groups in total. The molecule has 59 heavy (non-hydrogen) atoms. The minimum Gasteiger partial charge on any atom is -0.384 e. The lowest BCUT2D eigenvalue weighted by Crippen LogP contribution is -2.40. The number of amides is 5. The number of piperidine rings is 1. The van der Waals surface area contributed by atoms with Gasteiger partial charge in [-0.2, -0.15) is 0 Å². The van der Waals surface area contributed by atoms with Crippen molar-refractivity contribution < 1.29 is 28.8 Å². The van der Waals surface area contributed by atoms with Crippen molar-refractivity contribution in [1.29, 1.82) is 0 Å². The highest BCUT2D eigenvalue weighted by Crippen LogP contribution is 2.22. The molecule has 0 spiro atoms. The van der Waals surface area contributed by atoms with Gasteiger partial charge in [-0.1, -0.05) is 68.3 Å². The highest BCUT2D eigenvalue weighted by Gasteiger charge is 2.24. The highest BCUT2D eigenvalue weighted by atomic mass is 35.5. The number of unbranched alkanes of at least 4 members (excludes halogenated alkanes) is 5. The van der Waals surface area contributed by atoms with Gasteiger partial charge in [0.05, 0.1) is 5.56 Å². The van der Waals surface area contributed by atoms with Gasteiger partial charge in [0.15, 0.2) is 11.6 Å². The van der Waals surface area contributed by atoms with Gasteiger partial charge in [0.1, 0.15) is 10.8 Å². The number of benzene rings is 2. The normalized spacial score (nSPS) is 13.1. The van der Waals surface area contributed by atoms with E-state index in [1.54, 1.807) is 54.7 Å². The summed E-state index contributed by atoms with van der Waals surface area (Å²) in [4.78, 5) is 78.7. The Hall–Kier alpha value is -6.39. The van der Waals surface area contributed by atoms with Gasteiger partial charge < -0.3 is 21.3 Å². The molecule has 2 aromatic carbocycles. The van der Waals surface area contributed by atoms with Gasteiger partial charge in [-0.05, 0) is 94.0 Å². The van der Waals surface area contributed by atoms with Gasteiger partial charge in [-0.15, -0.1) is 0 Å². The maximum atomic E-state index is 12.7. The van der Waals surface area contributed by atoms with E-state index in [0.717, 1.165) is 57.9 Å². The number of nitrogens with one attached hydrogen (secondary N) is 5. The van der Waals surface area contributed by atoms with Gasteiger partial charge in [-0.3, -0.25) is 29.3 Å². The molecule has 1 unspecified atom stereocenters. The number of halogens is 1. The standard InChI is InChI=1S/C38H39ClN6O4.C7H11NO2/c1-26(46)33-13-10-14-34(36(33)27(2)47)41-19-7-5-3-4-6-8-20-43-37(48)29-12-9-11-28(23-29)15-16-30-24-31(17-21-40-30)44-38(49)45-32-18-22-42-35(39)25-32;1-2-5-3-4-6(9)8-7(5)10/h9-14,17-18,21-25,41H,3-8,19-20H2,1-2H3,(H,43,48)(H2,40,42,44,45,49);5H,2-4H2,1H3,(H,8,9,10). The summed E-state index contributed by atoms with van der Waals surface area (Å²) in [5, 5.41) is 14.3. The van der Waals surface area contributed by atoms with Crippen LogP contribution in [0.15, 0.2) is 79.1 Å². The van der Waals surface area contributed by atoms with Crippen LogP contribution in [-0.4, -0.2) is 58.4 Å². The van der Waals surface area contributed by atoms with Crippen molar-refractivity contribution in [2.45, 2.75) is 78.6 Å². The predicted molar refractivity (Wildman–Crippen MR) is 230 cm³/mol. The number of anilines is 3. The first kappa shape index (κ1) is 45.3. The number of aromatic nitrogens is 2. The summed E-state index contributed by atoms with van der Waals surface area (Å²) in [6, 6.07) is 18.4. The largest absolute Gasteiger partial charge is 0.384 e. The Kier molecular flexibility index (Phi) is 18.2. The van der Waals surface area contributed by atoms with Crippen LogP contribution in [0.5, 0.6) is 0 Å². The predicted octanol–water partition coefficient (Wildman–Crippen LogP) is 8.21. The molecular weight excluding hydrogens is 770 g/mol. The molecule has 0 bridgehead atoms. The number of hydrogen-bond donors (Lipinski definition) is 5. The van der Waals surface area contributed by atoms with Crippen LogP contribution in [0.4, 0.5) is 21.9 Å². The average Bonchev–Trinajstić information content (AvgIpc) is 3.21. The van der Waals surface area contributed by atoms with E-state index >= 15 is 0 Å². The molecule has 1 fully saturated rings. The maximum Gasteiger partial charge on any atom is 0.323 e. The third-order valence-electron chi connectivity index (χ3n) is 9.31. The number of carbonyl (C=O) groups excluding carboxylic acids is 6. The Labute approximate surface area is 349 Å². The van der Waals surface area contributed by atoms with Crippen molar-refractivity contribution in [1.82, 2.24) is 20.6 Å². The molecule has 4 aromatic rings. The molecular formula is C45H50ClN7O6. The van der Waals surface area contributed by atoms with Crippen LogP contribution in [-0.2, 0) is 9.59 Å². The Bertz CT molecular complexity index is 2200. The average molecular weight is 820 g/mol. The lowest BCUT2D eigenvalue weighted by atomic mass is 9.96. The number of imide groups is 1. The fraction of sp³-hybridized carbons (Fsp3) is 0.333. The molecule has 1 aliphatic heterocycles. The summed E-state index contributed by atoms with van der Waals surface area (Å²) in [7, 11) is 0. The van der Waals surface area contributed by atoms with Crippen molar-refractivity contribution >= 4 is 64.0 Å². The van der Waals surface area contributed by atoms with E-state index in [1.807, 2.05) is 19.1 Å². The van der Waals surface area contributed by atoms with Crippen LogP contribution in [0.25, 0.3) is 0 Å². The van der Waals surface area contributed by atoms with Gasteiger partial charge in [-0.25, -0.2) is 14.8 Å². The van der Waals surface area contributed by atoms with Crippen molar-refractivity contribution in [2.75, 3.05) is 29.0 Å². The number of urea groups is 1. The third kappa shape index (κ3) is 15.5. The van der Waals surface area contributed by atoms with Gasteiger partial charge in [0.2, 0.25) is 11.8 Å². The second kappa shape index (κ2) is 23.7. The summed E-state index contributed by atoms with van der Waals surface area (Å²) in [5.41, 5.74) is 4.29. The summed E-state index contributed by atoms with van der Waals surface area (Å²) in [6.45, 7) is 6.22. The van der Waals surface area contributed by atoms with E-state index in [9.17, 15) is 28.8 Å². The monoisotopic (exact) mass is 819 g/mol. The third-order valence-corrected chi connectivity index (χ3v) is 9.52. The summed E-state index contributed by atoms with van der Waals surface area (Å²) in [6.07, 6.45) is 11.1.